The summed E-state index contributed by atoms with van der Waals surface area (Å²) in [5.74, 6) is 0. The lowest BCUT2D eigenvalue weighted by atomic mass is 10.2. The van der Waals surface area contributed by atoms with Crippen LogP contribution < -0.4 is 0 Å². The van der Waals surface area contributed by atoms with Crippen LogP contribution in [0.25, 0.3) is 0 Å². The maximum absolute atomic E-state index is 10.2. The average molecular weight is 132 g/mol. The second-order valence-corrected chi connectivity index (χ2v) is 1.67. The molecule has 0 fully saturated rings. The van der Waals surface area contributed by atoms with Crippen LogP contribution in [0, 0.1) is 11.3 Å². The van der Waals surface area contributed by atoms with Gasteiger partial charge in [0, 0.05) is 6.20 Å². The van der Waals surface area contributed by atoms with Gasteiger partial charge in [0.25, 0.3) is 0 Å². The SMILES string of the molecule is N#Cc1cccnc1C=O. The van der Waals surface area contributed by atoms with E-state index in [1.54, 1.807) is 12.1 Å². The smallest absolute Gasteiger partial charge is 0.169 e. The van der Waals surface area contributed by atoms with E-state index in [1.165, 1.54) is 6.20 Å². The van der Waals surface area contributed by atoms with Crippen molar-refractivity contribution < 1.29 is 4.79 Å². The summed E-state index contributed by atoms with van der Waals surface area (Å²) in [4.78, 5) is 13.9. The molecule has 3 nitrogen and oxygen atoms in total. The quantitative estimate of drug-likeness (QED) is 0.530. The van der Waals surface area contributed by atoms with Crippen LogP contribution in [0.4, 0.5) is 0 Å². The number of aldehydes is 1. The summed E-state index contributed by atoms with van der Waals surface area (Å²) in [6.07, 6.45) is 2.04. The number of carbonyl (C=O) groups excluding carboxylic acids is 1. The first-order valence-corrected chi connectivity index (χ1v) is 2.69. The first-order chi connectivity index (χ1) is 4.88. The molecule has 0 saturated heterocycles. The summed E-state index contributed by atoms with van der Waals surface area (Å²) in [6, 6.07) is 5.02. The summed E-state index contributed by atoms with van der Waals surface area (Å²) < 4.78 is 0. The molecule has 0 aromatic carbocycles. The van der Waals surface area contributed by atoms with Crippen LogP contribution in [-0.2, 0) is 0 Å². The van der Waals surface area contributed by atoms with Crippen molar-refractivity contribution in [1.29, 1.82) is 5.26 Å². The molecule has 10 heavy (non-hydrogen) atoms. The summed E-state index contributed by atoms with van der Waals surface area (Å²) in [6.45, 7) is 0. The van der Waals surface area contributed by atoms with E-state index in [-0.39, 0.29) is 5.69 Å². The lowest BCUT2D eigenvalue weighted by Gasteiger charge is -1.88. The molecule has 1 heterocycles. The molecule has 0 aliphatic carbocycles. The monoisotopic (exact) mass is 132 g/mol. The van der Waals surface area contributed by atoms with Gasteiger partial charge in [0.2, 0.25) is 0 Å². The van der Waals surface area contributed by atoms with E-state index in [0.29, 0.717) is 11.8 Å². The van der Waals surface area contributed by atoms with Crippen molar-refractivity contribution in [3.05, 3.63) is 29.6 Å². The van der Waals surface area contributed by atoms with Crippen LogP contribution in [-0.4, -0.2) is 11.3 Å². The van der Waals surface area contributed by atoms with Crippen LogP contribution in [0.2, 0.25) is 0 Å². The first kappa shape index (κ1) is 6.43. The summed E-state index contributed by atoms with van der Waals surface area (Å²) in [7, 11) is 0. The second-order valence-electron chi connectivity index (χ2n) is 1.67. The van der Waals surface area contributed by atoms with Gasteiger partial charge in [0.05, 0.1) is 5.56 Å². The maximum Gasteiger partial charge on any atom is 0.169 e. The number of nitrogens with zero attached hydrogens (tertiary/aromatic N) is 2. The highest BCUT2D eigenvalue weighted by atomic mass is 16.1. The highest BCUT2D eigenvalue weighted by molar-refractivity contribution is 5.75. The molecule has 0 aliphatic heterocycles. The Balaban J connectivity index is 3.24. The Morgan fingerprint density at radius 3 is 3.00 bits per heavy atom. The van der Waals surface area contributed by atoms with Crippen LogP contribution in [0.3, 0.4) is 0 Å². The molecule has 1 rings (SSSR count). The molecule has 0 N–H and O–H groups in total. The molecular weight excluding hydrogens is 128 g/mol. The van der Waals surface area contributed by atoms with Crippen LogP contribution in [0.15, 0.2) is 18.3 Å². The van der Waals surface area contributed by atoms with Gasteiger partial charge in [0.1, 0.15) is 11.8 Å². The number of carbonyl (C=O) groups is 1. The molecule has 0 saturated carbocycles. The zero-order chi connectivity index (χ0) is 7.40. The van der Waals surface area contributed by atoms with E-state index in [9.17, 15) is 4.79 Å². The fourth-order valence-corrected chi connectivity index (χ4v) is 0.606. The second kappa shape index (κ2) is 2.74. The minimum Gasteiger partial charge on any atom is -0.296 e. The Bertz CT molecular complexity index is 288. The molecule has 48 valence electrons. The van der Waals surface area contributed by atoms with Gasteiger partial charge in [-0.3, -0.25) is 9.78 Å². The molecule has 0 amide bonds. The Hall–Kier alpha value is -1.69. The zero-order valence-corrected chi connectivity index (χ0v) is 5.11. The molecule has 0 radical (unpaired) electrons. The Labute approximate surface area is 57.9 Å². The topological polar surface area (TPSA) is 53.8 Å². The highest BCUT2D eigenvalue weighted by Gasteiger charge is 1.97. The minimum atomic E-state index is 0.199. The van der Waals surface area contributed by atoms with Crippen molar-refractivity contribution >= 4 is 6.29 Å². The molecule has 0 aliphatic rings. The third-order valence-corrected chi connectivity index (χ3v) is 1.07. The first-order valence-electron chi connectivity index (χ1n) is 2.69. The lowest BCUT2D eigenvalue weighted by Crippen LogP contribution is -1.89. The van der Waals surface area contributed by atoms with Gasteiger partial charge >= 0.3 is 0 Å². The fourth-order valence-electron chi connectivity index (χ4n) is 0.606. The van der Waals surface area contributed by atoms with Gasteiger partial charge < -0.3 is 0 Å². The fraction of sp³-hybridized carbons (Fsp3) is 0. The van der Waals surface area contributed by atoms with Crippen molar-refractivity contribution in [2.75, 3.05) is 0 Å². The molecule has 1 aromatic rings. The van der Waals surface area contributed by atoms with Crippen LogP contribution in [0.5, 0.6) is 0 Å². The van der Waals surface area contributed by atoms with E-state index in [4.69, 9.17) is 5.26 Å². The Kier molecular flexibility index (Phi) is 1.76. The van der Waals surface area contributed by atoms with E-state index < -0.39 is 0 Å². The third-order valence-electron chi connectivity index (χ3n) is 1.07. The van der Waals surface area contributed by atoms with Gasteiger partial charge in [-0.15, -0.1) is 0 Å². The highest BCUT2D eigenvalue weighted by Crippen LogP contribution is 1.98. The number of hydrogen-bond acceptors (Lipinski definition) is 3. The Morgan fingerprint density at radius 2 is 2.50 bits per heavy atom. The van der Waals surface area contributed by atoms with Gasteiger partial charge in [0.15, 0.2) is 6.29 Å². The van der Waals surface area contributed by atoms with E-state index in [2.05, 4.69) is 4.98 Å². The summed E-state index contributed by atoms with van der Waals surface area (Å²) >= 11 is 0. The number of aromatic nitrogens is 1. The number of nitriles is 1. The maximum atomic E-state index is 10.2. The van der Waals surface area contributed by atoms with Crippen molar-refractivity contribution in [3.8, 4) is 6.07 Å². The molecule has 0 spiro atoms. The number of rotatable bonds is 1. The summed E-state index contributed by atoms with van der Waals surface area (Å²) in [5, 5.41) is 8.40. The number of hydrogen-bond donors (Lipinski definition) is 0. The number of pyridine rings is 1. The van der Waals surface area contributed by atoms with Crippen molar-refractivity contribution in [2.24, 2.45) is 0 Å². The van der Waals surface area contributed by atoms with E-state index in [0.717, 1.165) is 0 Å². The van der Waals surface area contributed by atoms with Crippen LogP contribution >= 0.6 is 0 Å². The Morgan fingerprint density at radius 1 is 1.70 bits per heavy atom. The average Bonchev–Trinajstić information content (AvgIpc) is 2.04. The summed E-state index contributed by atoms with van der Waals surface area (Å²) in [5.41, 5.74) is 0.516. The van der Waals surface area contributed by atoms with Crippen molar-refractivity contribution in [1.82, 2.24) is 4.98 Å². The molecule has 3 heteroatoms. The van der Waals surface area contributed by atoms with Gasteiger partial charge in [-0.25, -0.2) is 0 Å². The van der Waals surface area contributed by atoms with E-state index in [1.807, 2.05) is 6.07 Å². The normalized spacial score (nSPS) is 8.30. The van der Waals surface area contributed by atoms with Gasteiger partial charge in [-0.05, 0) is 12.1 Å². The zero-order valence-electron chi connectivity index (χ0n) is 5.11. The van der Waals surface area contributed by atoms with Crippen molar-refractivity contribution in [2.45, 2.75) is 0 Å². The molecule has 0 unspecified atom stereocenters. The largest absolute Gasteiger partial charge is 0.296 e. The molecule has 0 bridgehead atoms. The molecule has 0 atom stereocenters. The predicted molar refractivity (Wildman–Crippen MR) is 34.3 cm³/mol. The molecular formula is C7H4N2O. The molecule has 1 aromatic heterocycles. The van der Waals surface area contributed by atoms with Gasteiger partial charge in [-0.1, -0.05) is 0 Å². The van der Waals surface area contributed by atoms with Gasteiger partial charge in [-0.2, -0.15) is 5.26 Å². The minimum absolute atomic E-state index is 0.199. The standard InChI is InChI=1S/C7H4N2O/c8-4-6-2-1-3-9-7(6)5-10/h1-3,5H. The van der Waals surface area contributed by atoms with Crippen molar-refractivity contribution in [3.63, 3.8) is 0 Å². The predicted octanol–water partition coefficient (Wildman–Crippen LogP) is 0.766. The lowest BCUT2D eigenvalue weighted by molar-refractivity contribution is 0.111. The third kappa shape index (κ3) is 1.00. The van der Waals surface area contributed by atoms with Crippen LogP contribution in [0.1, 0.15) is 16.1 Å². The van der Waals surface area contributed by atoms with E-state index >= 15 is 0 Å².